The highest BCUT2D eigenvalue weighted by molar-refractivity contribution is 6.12. The van der Waals surface area contributed by atoms with Crippen LogP contribution in [0.4, 0.5) is 0 Å². The maximum atomic E-state index is 9.83. The van der Waals surface area contributed by atoms with E-state index in [9.17, 15) is 5.26 Å². The summed E-state index contributed by atoms with van der Waals surface area (Å²) >= 11 is 0. The lowest BCUT2D eigenvalue weighted by atomic mass is 9.88. The van der Waals surface area contributed by atoms with Crippen LogP contribution < -0.4 is 4.57 Å². The molecule has 0 saturated carbocycles. The highest BCUT2D eigenvalue weighted by Crippen LogP contribution is 2.43. The SMILES string of the molecule is Cc1ccc2c(oc3c(C(C)C)c(C#N)cc(C(C)C)c32)c1-c1cccc[n+]1C. The number of pyridine rings is 1. The number of furan rings is 1. The van der Waals surface area contributed by atoms with E-state index in [1.54, 1.807) is 0 Å². The molecule has 0 radical (unpaired) electrons. The van der Waals surface area contributed by atoms with E-state index >= 15 is 0 Å². The van der Waals surface area contributed by atoms with E-state index in [-0.39, 0.29) is 5.92 Å². The van der Waals surface area contributed by atoms with Crippen LogP contribution in [0.15, 0.2) is 47.0 Å². The van der Waals surface area contributed by atoms with Crippen molar-refractivity contribution in [3.63, 3.8) is 0 Å². The number of nitrogens with zero attached hydrogens (tertiary/aromatic N) is 2. The number of aryl methyl sites for hydroxylation is 2. The van der Waals surface area contributed by atoms with Gasteiger partial charge in [-0.25, -0.2) is 4.57 Å². The van der Waals surface area contributed by atoms with Crippen LogP contribution in [0.1, 0.15) is 61.8 Å². The number of hydrogen-bond donors (Lipinski definition) is 0. The minimum absolute atomic E-state index is 0.200. The van der Waals surface area contributed by atoms with Crippen molar-refractivity contribution in [2.24, 2.45) is 7.05 Å². The van der Waals surface area contributed by atoms with Gasteiger partial charge in [-0.1, -0.05) is 39.8 Å². The molecule has 146 valence electrons. The molecule has 0 saturated heterocycles. The largest absolute Gasteiger partial charge is 0.455 e. The predicted molar refractivity (Wildman–Crippen MR) is 118 cm³/mol. The lowest BCUT2D eigenvalue weighted by Crippen LogP contribution is -2.30. The molecule has 3 heteroatoms. The summed E-state index contributed by atoms with van der Waals surface area (Å²) in [4.78, 5) is 0. The molecular formula is C26H27N2O+. The number of fused-ring (bicyclic) bond motifs is 3. The van der Waals surface area contributed by atoms with Gasteiger partial charge in [0.2, 0.25) is 5.69 Å². The molecule has 2 aromatic heterocycles. The minimum Gasteiger partial charge on any atom is -0.455 e. The summed E-state index contributed by atoms with van der Waals surface area (Å²) in [5, 5.41) is 12.1. The monoisotopic (exact) mass is 383 g/mol. The van der Waals surface area contributed by atoms with Gasteiger partial charge in [0.25, 0.3) is 0 Å². The summed E-state index contributed by atoms with van der Waals surface area (Å²) in [7, 11) is 2.06. The van der Waals surface area contributed by atoms with Crippen molar-refractivity contribution in [3.05, 3.63) is 64.8 Å². The lowest BCUT2D eigenvalue weighted by Gasteiger charge is -2.14. The topological polar surface area (TPSA) is 40.8 Å². The first-order valence-corrected chi connectivity index (χ1v) is 10.2. The fraction of sp³-hybridized carbons (Fsp3) is 0.308. The van der Waals surface area contributed by atoms with Crippen molar-refractivity contribution in [1.82, 2.24) is 0 Å². The molecule has 3 nitrogen and oxygen atoms in total. The minimum atomic E-state index is 0.200. The van der Waals surface area contributed by atoms with E-state index in [4.69, 9.17) is 4.42 Å². The van der Waals surface area contributed by atoms with Crippen LogP contribution in [0, 0.1) is 18.3 Å². The van der Waals surface area contributed by atoms with Crippen molar-refractivity contribution >= 4 is 21.9 Å². The van der Waals surface area contributed by atoms with Crippen molar-refractivity contribution in [3.8, 4) is 17.3 Å². The van der Waals surface area contributed by atoms with E-state index in [0.717, 1.165) is 44.3 Å². The number of nitriles is 1. The van der Waals surface area contributed by atoms with Gasteiger partial charge in [0.15, 0.2) is 6.20 Å². The summed E-state index contributed by atoms with van der Waals surface area (Å²) in [5.41, 5.74) is 8.08. The van der Waals surface area contributed by atoms with Crippen LogP contribution in [0.2, 0.25) is 0 Å². The second-order valence-electron chi connectivity index (χ2n) is 8.49. The summed E-state index contributed by atoms with van der Waals surface area (Å²) in [5.74, 6) is 0.496. The Labute approximate surface area is 172 Å². The van der Waals surface area contributed by atoms with Gasteiger partial charge >= 0.3 is 0 Å². The van der Waals surface area contributed by atoms with Crippen LogP contribution >= 0.6 is 0 Å². The van der Waals surface area contributed by atoms with Crippen LogP contribution in [0.5, 0.6) is 0 Å². The average Bonchev–Trinajstić information content (AvgIpc) is 3.06. The Morgan fingerprint density at radius 2 is 1.76 bits per heavy atom. The van der Waals surface area contributed by atoms with Gasteiger partial charge in [0, 0.05) is 28.5 Å². The molecule has 4 aromatic rings. The summed E-state index contributed by atoms with van der Waals surface area (Å²) in [6, 6.07) is 15.0. The summed E-state index contributed by atoms with van der Waals surface area (Å²) in [6.45, 7) is 10.7. The first kappa shape index (κ1) is 19.2. The molecule has 0 N–H and O–H groups in total. The standard InChI is InChI=1S/C26H27N2O/c1-15(2)20-13-18(14-27)22(16(3)4)26-24(20)19-11-10-17(5)23(25(19)29-26)21-9-7-8-12-28(21)6/h7-13,15-16H,1-6H3/q+1. The van der Waals surface area contributed by atoms with Gasteiger partial charge in [0.1, 0.15) is 18.2 Å². The molecule has 4 rings (SSSR count). The Morgan fingerprint density at radius 3 is 2.38 bits per heavy atom. The highest BCUT2D eigenvalue weighted by Gasteiger charge is 2.25. The highest BCUT2D eigenvalue weighted by atomic mass is 16.3. The van der Waals surface area contributed by atoms with Gasteiger partial charge in [-0.05, 0) is 42.0 Å². The number of hydrogen-bond acceptors (Lipinski definition) is 2. The summed E-state index contributed by atoms with van der Waals surface area (Å²) < 4.78 is 8.76. The molecule has 29 heavy (non-hydrogen) atoms. The smallest absolute Gasteiger partial charge is 0.216 e. The number of rotatable bonds is 3. The van der Waals surface area contributed by atoms with E-state index in [0.29, 0.717) is 5.92 Å². The zero-order valence-corrected chi connectivity index (χ0v) is 18.0. The molecule has 0 unspecified atom stereocenters. The van der Waals surface area contributed by atoms with E-state index < -0.39 is 0 Å². The molecule has 0 aliphatic rings. The molecule has 2 aromatic carbocycles. The van der Waals surface area contributed by atoms with Crippen molar-refractivity contribution < 1.29 is 8.98 Å². The van der Waals surface area contributed by atoms with E-state index in [2.05, 4.69) is 88.8 Å². The lowest BCUT2D eigenvalue weighted by molar-refractivity contribution is -0.660. The van der Waals surface area contributed by atoms with E-state index in [1.807, 2.05) is 6.07 Å². The van der Waals surface area contributed by atoms with Crippen LogP contribution in [-0.2, 0) is 7.05 Å². The number of aromatic nitrogens is 1. The molecule has 0 amide bonds. The predicted octanol–water partition coefficient (Wildman–Crippen LogP) is 6.50. The van der Waals surface area contributed by atoms with Crippen LogP contribution in [0.25, 0.3) is 33.2 Å². The summed E-state index contributed by atoms with van der Waals surface area (Å²) in [6.07, 6.45) is 2.06. The van der Waals surface area contributed by atoms with Gasteiger partial charge < -0.3 is 4.42 Å². The molecule has 0 atom stereocenters. The van der Waals surface area contributed by atoms with Gasteiger partial charge in [-0.3, -0.25) is 0 Å². The normalized spacial score (nSPS) is 11.7. The molecular weight excluding hydrogens is 356 g/mol. The maximum Gasteiger partial charge on any atom is 0.216 e. The quantitative estimate of drug-likeness (QED) is 0.379. The fourth-order valence-electron chi connectivity index (χ4n) is 4.39. The third kappa shape index (κ3) is 2.91. The molecule has 2 heterocycles. The third-order valence-corrected chi connectivity index (χ3v) is 5.82. The zero-order valence-electron chi connectivity index (χ0n) is 18.0. The Balaban J connectivity index is 2.25. The van der Waals surface area contributed by atoms with Gasteiger partial charge in [-0.2, -0.15) is 5.26 Å². The number of benzene rings is 2. The van der Waals surface area contributed by atoms with Crippen molar-refractivity contribution in [2.75, 3.05) is 0 Å². The second kappa shape index (κ2) is 7.04. The third-order valence-electron chi connectivity index (χ3n) is 5.82. The molecule has 0 aliphatic heterocycles. The maximum absolute atomic E-state index is 9.83. The van der Waals surface area contributed by atoms with Gasteiger partial charge in [0.05, 0.1) is 17.2 Å². The first-order chi connectivity index (χ1) is 13.8. The molecule has 0 fully saturated rings. The zero-order chi connectivity index (χ0) is 20.9. The Bertz CT molecular complexity index is 1290. The molecule has 0 spiro atoms. The fourth-order valence-corrected chi connectivity index (χ4v) is 4.39. The Morgan fingerprint density at radius 1 is 1.00 bits per heavy atom. The van der Waals surface area contributed by atoms with Crippen LogP contribution in [0.3, 0.4) is 0 Å². The van der Waals surface area contributed by atoms with E-state index in [1.165, 1.54) is 11.1 Å². The van der Waals surface area contributed by atoms with Crippen molar-refractivity contribution in [2.45, 2.75) is 46.5 Å². The second-order valence-corrected chi connectivity index (χ2v) is 8.49. The Kier molecular flexibility index (Phi) is 4.67. The molecule has 0 aliphatic carbocycles. The van der Waals surface area contributed by atoms with Crippen molar-refractivity contribution in [1.29, 1.82) is 5.26 Å². The molecule has 0 bridgehead atoms. The average molecular weight is 384 g/mol. The Hall–Kier alpha value is -3.12. The van der Waals surface area contributed by atoms with Crippen LogP contribution in [-0.4, -0.2) is 0 Å². The van der Waals surface area contributed by atoms with Gasteiger partial charge in [-0.15, -0.1) is 0 Å². The first-order valence-electron chi connectivity index (χ1n) is 10.2.